The molecular formula is C19H26N2O4. The number of carbonyl (C=O) groups excluding carboxylic acids is 2. The standard InChI is InChI=1S/C19H26N2O4/c1-13(21-17(23)14-8-6-7-9-14)16(22)20-12-19(2,18(24)25)15-10-4-3-5-11-15/h3-5,10-11,13-14H,6-9,12H2,1-2H3,(H,20,22)(H,21,23)(H,24,25). The van der Waals surface area contributed by atoms with Crippen LogP contribution in [0.15, 0.2) is 30.3 Å². The molecule has 0 bridgehead atoms. The van der Waals surface area contributed by atoms with Gasteiger partial charge in [0.25, 0.3) is 0 Å². The molecule has 1 aliphatic carbocycles. The van der Waals surface area contributed by atoms with E-state index in [1.807, 2.05) is 6.07 Å². The van der Waals surface area contributed by atoms with Crippen LogP contribution in [-0.2, 0) is 19.8 Å². The van der Waals surface area contributed by atoms with Gasteiger partial charge in [0.1, 0.15) is 11.5 Å². The highest BCUT2D eigenvalue weighted by Gasteiger charge is 2.36. The van der Waals surface area contributed by atoms with Gasteiger partial charge in [0.2, 0.25) is 11.8 Å². The Bertz CT molecular complexity index is 626. The molecule has 1 aliphatic rings. The average Bonchev–Trinajstić information content (AvgIpc) is 3.14. The number of rotatable bonds is 7. The molecule has 25 heavy (non-hydrogen) atoms. The predicted molar refractivity (Wildman–Crippen MR) is 94.0 cm³/mol. The van der Waals surface area contributed by atoms with Crippen molar-refractivity contribution >= 4 is 17.8 Å². The molecule has 0 radical (unpaired) electrons. The van der Waals surface area contributed by atoms with Crippen molar-refractivity contribution in [3.63, 3.8) is 0 Å². The lowest BCUT2D eigenvalue weighted by molar-refractivity contribution is -0.143. The molecular weight excluding hydrogens is 320 g/mol. The van der Waals surface area contributed by atoms with Gasteiger partial charge in [-0.2, -0.15) is 0 Å². The summed E-state index contributed by atoms with van der Waals surface area (Å²) < 4.78 is 0. The Balaban J connectivity index is 1.94. The number of carboxylic acids is 1. The van der Waals surface area contributed by atoms with E-state index in [0.29, 0.717) is 5.56 Å². The first kappa shape index (κ1) is 19.0. The van der Waals surface area contributed by atoms with Gasteiger partial charge in [0.15, 0.2) is 0 Å². The lowest BCUT2D eigenvalue weighted by Gasteiger charge is -2.26. The second kappa shape index (κ2) is 8.14. The SMILES string of the molecule is CC(NC(=O)C1CCCC1)C(=O)NCC(C)(C(=O)O)c1ccccc1. The molecule has 2 rings (SSSR count). The van der Waals surface area contributed by atoms with Crippen LogP contribution in [0.2, 0.25) is 0 Å². The molecule has 0 spiro atoms. The van der Waals surface area contributed by atoms with Crippen molar-refractivity contribution in [2.45, 2.75) is 51.0 Å². The van der Waals surface area contributed by atoms with Gasteiger partial charge in [-0.05, 0) is 32.3 Å². The highest BCUT2D eigenvalue weighted by Crippen LogP contribution is 2.25. The first-order chi connectivity index (χ1) is 11.8. The molecule has 1 fully saturated rings. The van der Waals surface area contributed by atoms with Crippen LogP contribution in [0, 0.1) is 5.92 Å². The van der Waals surface area contributed by atoms with Crippen LogP contribution in [0.3, 0.4) is 0 Å². The third-order valence-electron chi connectivity index (χ3n) is 4.98. The van der Waals surface area contributed by atoms with Crippen LogP contribution >= 0.6 is 0 Å². The van der Waals surface area contributed by atoms with Crippen LogP contribution in [0.1, 0.15) is 45.1 Å². The second-order valence-electron chi connectivity index (χ2n) is 6.93. The number of carbonyl (C=O) groups is 3. The third kappa shape index (κ3) is 4.59. The largest absolute Gasteiger partial charge is 0.481 e. The van der Waals surface area contributed by atoms with Gasteiger partial charge >= 0.3 is 5.97 Å². The number of carboxylic acid groups (broad SMARTS) is 1. The molecule has 1 aromatic rings. The third-order valence-corrected chi connectivity index (χ3v) is 4.98. The zero-order valence-corrected chi connectivity index (χ0v) is 14.7. The second-order valence-corrected chi connectivity index (χ2v) is 6.93. The highest BCUT2D eigenvalue weighted by atomic mass is 16.4. The molecule has 0 saturated heterocycles. The number of nitrogens with one attached hydrogen (secondary N) is 2. The van der Waals surface area contributed by atoms with Gasteiger partial charge in [-0.3, -0.25) is 14.4 Å². The molecule has 2 unspecified atom stereocenters. The van der Waals surface area contributed by atoms with Gasteiger partial charge in [0.05, 0.1) is 0 Å². The summed E-state index contributed by atoms with van der Waals surface area (Å²) in [4.78, 5) is 36.1. The Morgan fingerprint density at radius 1 is 1.20 bits per heavy atom. The maximum absolute atomic E-state index is 12.3. The molecule has 3 N–H and O–H groups in total. The van der Waals surface area contributed by atoms with E-state index in [1.54, 1.807) is 38.1 Å². The zero-order chi connectivity index (χ0) is 18.4. The van der Waals surface area contributed by atoms with Crippen molar-refractivity contribution in [3.05, 3.63) is 35.9 Å². The summed E-state index contributed by atoms with van der Waals surface area (Å²) in [6.45, 7) is 3.14. The molecule has 2 atom stereocenters. The summed E-state index contributed by atoms with van der Waals surface area (Å²) in [5.41, 5.74) is -0.614. The van der Waals surface area contributed by atoms with Crippen LogP contribution in [0.5, 0.6) is 0 Å². The monoisotopic (exact) mass is 346 g/mol. The molecule has 0 aromatic heterocycles. The van der Waals surface area contributed by atoms with Gasteiger partial charge in [-0.1, -0.05) is 43.2 Å². The minimum Gasteiger partial charge on any atom is -0.481 e. The topological polar surface area (TPSA) is 95.5 Å². The quantitative estimate of drug-likeness (QED) is 0.702. The Morgan fingerprint density at radius 3 is 2.36 bits per heavy atom. The number of aliphatic carboxylic acids is 1. The maximum atomic E-state index is 12.3. The first-order valence-electron chi connectivity index (χ1n) is 8.71. The zero-order valence-electron chi connectivity index (χ0n) is 14.7. The highest BCUT2D eigenvalue weighted by molar-refractivity contribution is 5.89. The number of hydrogen-bond acceptors (Lipinski definition) is 3. The van der Waals surface area contributed by atoms with E-state index < -0.39 is 17.4 Å². The van der Waals surface area contributed by atoms with E-state index in [9.17, 15) is 19.5 Å². The Morgan fingerprint density at radius 2 is 1.80 bits per heavy atom. The molecule has 2 amide bonds. The number of hydrogen-bond donors (Lipinski definition) is 3. The summed E-state index contributed by atoms with van der Waals surface area (Å²) >= 11 is 0. The summed E-state index contributed by atoms with van der Waals surface area (Å²) in [5, 5.41) is 15.0. The van der Waals surface area contributed by atoms with E-state index in [-0.39, 0.29) is 24.3 Å². The van der Waals surface area contributed by atoms with Crippen LogP contribution in [0.4, 0.5) is 0 Å². The Kier molecular flexibility index (Phi) is 6.17. The molecule has 136 valence electrons. The van der Waals surface area contributed by atoms with Crippen molar-refractivity contribution in [2.24, 2.45) is 5.92 Å². The Labute approximate surface area is 148 Å². The van der Waals surface area contributed by atoms with Gasteiger partial charge in [0, 0.05) is 12.5 Å². The van der Waals surface area contributed by atoms with E-state index >= 15 is 0 Å². The van der Waals surface area contributed by atoms with Crippen LogP contribution < -0.4 is 10.6 Å². The first-order valence-corrected chi connectivity index (χ1v) is 8.71. The molecule has 0 aliphatic heterocycles. The van der Waals surface area contributed by atoms with Crippen molar-refractivity contribution in [1.82, 2.24) is 10.6 Å². The Hall–Kier alpha value is -2.37. The lowest BCUT2D eigenvalue weighted by Crippen LogP contribution is -2.51. The summed E-state index contributed by atoms with van der Waals surface area (Å²) in [7, 11) is 0. The van der Waals surface area contributed by atoms with Crippen molar-refractivity contribution < 1.29 is 19.5 Å². The summed E-state index contributed by atoms with van der Waals surface area (Å²) in [5.74, 6) is -1.50. The molecule has 1 aromatic carbocycles. The van der Waals surface area contributed by atoms with Crippen LogP contribution in [0.25, 0.3) is 0 Å². The average molecular weight is 346 g/mol. The minimum atomic E-state index is -1.23. The smallest absolute Gasteiger partial charge is 0.315 e. The minimum absolute atomic E-state index is 0.0103. The molecule has 0 heterocycles. The van der Waals surface area contributed by atoms with E-state index in [4.69, 9.17) is 0 Å². The summed E-state index contributed by atoms with van der Waals surface area (Å²) in [6, 6.07) is 8.11. The maximum Gasteiger partial charge on any atom is 0.315 e. The van der Waals surface area contributed by atoms with Crippen LogP contribution in [-0.4, -0.2) is 35.5 Å². The fourth-order valence-electron chi connectivity index (χ4n) is 3.11. The predicted octanol–water partition coefficient (Wildman–Crippen LogP) is 1.84. The summed E-state index contributed by atoms with van der Waals surface area (Å²) in [6.07, 6.45) is 3.83. The number of amides is 2. The fourth-order valence-corrected chi connectivity index (χ4v) is 3.11. The van der Waals surface area contributed by atoms with Gasteiger partial charge in [-0.25, -0.2) is 0 Å². The molecule has 6 nitrogen and oxygen atoms in total. The van der Waals surface area contributed by atoms with Gasteiger partial charge in [-0.15, -0.1) is 0 Å². The molecule has 1 saturated carbocycles. The lowest BCUT2D eigenvalue weighted by atomic mass is 9.82. The van der Waals surface area contributed by atoms with Gasteiger partial charge < -0.3 is 15.7 Å². The normalized spacial score (nSPS) is 18.2. The fraction of sp³-hybridized carbons (Fsp3) is 0.526. The van der Waals surface area contributed by atoms with E-state index in [2.05, 4.69) is 10.6 Å². The van der Waals surface area contributed by atoms with Crippen molar-refractivity contribution in [1.29, 1.82) is 0 Å². The van der Waals surface area contributed by atoms with Crippen molar-refractivity contribution in [3.8, 4) is 0 Å². The molecule has 6 heteroatoms. The van der Waals surface area contributed by atoms with Crippen molar-refractivity contribution in [2.75, 3.05) is 6.54 Å². The van der Waals surface area contributed by atoms with E-state index in [0.717, 1.165) is 25.7 Å². The van der Waals surface area contributed by atoms with E-state index in [1.165, 1.54) is 0 Å². The number of benzene rings is 1.